The van der Waals surface area contributed by atoms with Gasteiger partial charge in [-0.05, 0) is 23.8 Å². The number of carboxylic acids is 1. The quantitative estimate of drug-likeness (QED) is 0.615. The van der Waals surface area contributed by atoms with Gasteiger partial charge in [-0.1, -0.05) is 29.8 Å². The van der Waals surface area contributed by atoms with Gasteiger partial charge < -0.3 is 10.4 Å². The summed E-state index contributed by atoms with van der Waals surface area (Å²) < 4.78 is 0. The molecule has 7 nitrogen and oxygen atoms in total. The van der Waals surface area contributed by atoms with E-state index in [0.29, 0.717) is 10.6 Å². The van der Waals surface area contributed by atoms with Gasteiger partial charge in [0.15, 0.2) is 0 Å². The van der Waals surface area contributed by atoms with E-state index in [-0.39, 0.29) is 11.3 Å². The third kappa shape index (κ3) is 4.53. The molecule has 0 saturated heterocycles. The molecule has 0 aliphatic rings. The maximum absolute atomic E-state index is 12.3. The molecule has 0 aliphatic heterocycles. The van der Waals surface area contributed by atoms with Gasteiger partial charge in [-0.15, -0.1) is 0 Å². The summed E-state index contributed by atoms with van der Waals surface area (Å²) in [6.07, 6.45) is -0.409. The third-order valence-corrected chi connectivity index (χ3v) is 3.49. The Morgan fingerprint density at radius 2 is 1.92 bits per heavy atom. The van der Waals surface area contributed by atoms with Gasteiger partial charge in [0, 0.05) is 22.7 Å². The Hall–Kier alpha value is -2.93. The molecule has 0 heterocycles. The van der Waals surface area contributed by atoms with Gasteiger partial charge in [0.2, 0.25) is 0 Å². The van der Waals surface area contributed by atoms with Crippen LogP contribution in [0, 0.1) is 10.1 Å². The minimum atomic E-state index is -1.14. The molecular weight excluding hydrogens is 336 g/mol. The lowest BCUT2D eigenvalue weighted by molar-refractivity contribution is -0.384. The zero-order valence-electron chi connectivity index (χ0n) is 12.3. The summed E-state index contributed by atoms with van der Waals surface area (Å²) in [6, 6.07) is 10.8. The van der Waals surface area contributed by atoms with E-state index in [2.05, 4.69) is 5.32 Å². The lowest BCUT2D eigenvalue weighted by Gasteiger charge is -2.17. The number of non-ortho nitro benzene ring substituents is 1. The zero-order valence-corrected chi connectivity index (χ0v) is 13.1. The molecule has 0 radical (unpaired) electrons. The van der Waals surface area contributed by atoms with Crippen molar-refractivity contribution in [2.45, 2.75) is 12.5 Å². The Balaban J connectivity index is 2.28. The van der Waals surface area contributed by atoms with Gasteiger partial charge in [0.25, 0.3) is 11.6 Å². The highest BCUT2D eigenvalue weighted by molar-refractivity contribution is 6.30. The number of amides is 1. The monoisotopic (exact) mass is 348 g/mol. The van der Waals surface area contributed by atoms with Crippen molar-refractivity contribution in [1.29, 1.82) is 0 Å². The molecule has 0 bridgehead atoms. The number of aliphatic carboxylic acids is 1. The molecule has 0 aromatic heterocycles. The van der Waals surface area contributed by atoms with E-state index in [1.807, 2.05) is 0 Å². The highest BCUT2D eigenvalue weighted by Gasteiger charge is 2.21. The molecule has 2 rings (SSSR count). The molecule has 2 aromatic carbocycles. The van der Waals surface area contributed by atoms with Gasteiger partial charge >= 0.3 is 5.97 Å². The van der Waals surface area contributed by atoms with Crippen molar-refractivity contribution in [2.75, 3.05) is 0 Å². The second kappa shape index (κ2) is 7.56. The predicted molar refractivity (Wildman–Crippen MR) is 87.0 cm³/mol. The van der Waals surface area contributed by atoms with Gasteiger partial charge in [0.1, 0.15) is 0 Å². The van der Waals surface area contributed by atoms with Crippen molar-refractivity contribution in [2.24, 2.45) is 0 Å². The largest absolute Gasteiger partial charge is 0.481 e. The molecule has 8 heteroatoms. The molecular formula is C16H13ClN2O5. The number of nitro benzene ring substituents is 1. The number of hydrogen-bond acceptors (Lipinski definition) is 4. The fourth-order valence-electron chi connectivity index (χ4n) is 2.15. The Labute approximate surface area is 142 Å². The first-order valence-corrected chi connectivity index (χ1v) is 7.27. The fourth-order valence-corrected chi connectivity index (χ4v) is 2.34. The van der Waals surface area contributed by atoms with E-state index in [9.17, 15) is 19.7 Å². The Kier molecular flexibility index (Phi) is 5.49. The van der Waals surface area contributed by atoms with Crippen molar-refractivity contribution in [3.8, 4) is 0 Å². The average Bonchev–Trinajstić information content (AvgIpc) is 2.54. The Morgan fingerprint density at radius 3 is 2.54 bits per heavy atom. The number of halogens is 1. The van der Waals surface area contributed by atoms with Crippen LogP contribution in [0.1, 0.15) is 28.4 Å². The molecule has 0 spiro atoms. The second-order valence-electron chi connectivity index (χ2n) is 4.99. The molecule has 1 amide bonds. The topological polar surface area (TPSA) is 110 Å². The molecule has 2 N–H and O–H groups in total. The smallest absolute Gasteiger partial charge is 0.305 e. The molecule has 0 fully saturated rings. The molecule has 124 valence electrons. The van der Waals surface area contributed by atoms with E-state index in [0.717, 1.165) is 0 Å². The summed E-state index contributed by atoms with van der Waals surface area (Å²) in [7, 11) is 0. The number of carboxylic acid groups (broad SMARTS) is 1. The van der Waals surface area contributed by atoms with Crippen LogP contribution in [-0.4, -0.2) is 21.9 Å². The molecule has 0 unspecified atom stereocenters. The number of nitro groups is 1. The van der Waals surface area contributed by atoms with Crippen LogP contribution in [0.2, 0.25) is 5.02 Å². The Bertz CT molecular complexity index is 794. The van der Waals surface area contributed by atoms with Crippen molar-refractivity contribution in [3.05, 3.63) is 74.8 Å². The minimum absolute atomic E-state index is 0.181. The van der Waals surface area contributed by atoms with E-state index >= 15 is 0 Å². The normalized spacial score (nSPS) is 11.5. The standard InChI is InChI=1S/C16H13ClN2O5/c17-12-5-1-4-11(7-12)16(22)18-14(9-15(20)21)10-3-2-6-13(8-10)19(23)24/h1-8,14H,9H2,(H,18,22)(H,20,21)/t14-/m0/s1. The molecule has 0 saturated carbocycles. The van der Waals surface area contributed by atoms with E-state index in [4.69, 9.17) is 16.7 Å². The van der Waals surface area contributed by atoms with E-state index in [1.54, 1.807) is 12.1 Å². The summed E-state index contributed by atoms with van der Waals surface area (Å²) in [4.78, 5) is 33.6. The minimum Gasteiger partial charge on any atom is -0.481 e. The maximum Gasteiger partial charge on any atom is 0.305 e. The molecule has 24 heavy (non-hydrogen) atoms. The average molecular weight is 349 g/mol. The predicted octanol–water partition coefficient (Wildman–Crippen LogP) is 3.19. The lowest BCUT2D eigenvalue weighted by Crippen LogP contribution is -2.30. The van der Waals surface area contributed by atoms with Crippen LogP contribution in [0.15, 0.2) is 48.5 Å². The SMILES string of the molecule is O=C(O)C[C@H](NC(=O)c1cccc(Cl)c1)c1cccc([N+](=O)[O-])c1. The number of benzene rings is 2. The van der Waals surface area contributed by atoms with E-state index < -0.39 is 29.3 Å². The van der Waals surface area contributed by atoms with Crippen molar-refractivity contribution >= 4 is 29.2 Å². The van der Waals surface area contributed by atoms with Crippen molar-refractivity contribution in [3.63, 3.8) is 0 Å². The first-order valence-electron chi connectivity index (χ1n) is 6.89. The lowest BCUT2D eigenvalue weighted by atomic mass is 10.0. The van der Waals surface area contributed by atoms with Crippen molar-refractivity contribution in [1.82, 2.24) is 5.32 Å². The van der Waals surface area contributed by atoms with Gasteiger partial charge in [-0.3, -0.25) is 19.7 Å². The highest BCUT2D eigenvalue weighted by Crippen LogP contribution is 2.22. The van der Waals surface area contributed by atoms with Crippen LogP contribution in [-0.2, 0) is 4.79 Å². The number of nitrogens with one attached hydrogen (secondary N) is 1. The second-order valence-corrected chi connectivity index (χ2v) is 5.42. The van der Waals surface area contributed by atoms with Crippen molar-refractivity contribution < 1.29 is 19.6 Å². The fraction of sp³-hybridized carbons (Fsp3) is 0.125. The van der Waals surface area contributed by atoms with Gasteiger partial charge in [0.05, 0.1) is 17.4 Å². The number of nitrogens with zero attached hydrogens (tertiary/aromatic N) is 1. The Morgan fingerprint density at radius 1 is 1.21 bits per heavy atom. The number of carbonyl (C=O) groups is 2. The van der Waals surface area contributed by atoms with Gasteiger partial charge in [-0.25, -0.2) is 0 Å². The number of carbonyl (C=O) groups excluding carboxylic acids is 1. The van der Waals surface area contributed by atoms with Gasteiger partial charge in [-0.2, -0.15) is 0 Å². The molecule has 1 atom stereocenters. The van der Waals surface area contributed by atoms with Crippen LogP contribution in [0.25, 0.3) is 0 Å². The summed E-state index contributed by atoms with van der Waals surface area (Å²) in [6.45, 7) is 0. The first-order chi connectivity index (χ1) is 11.4. The summed E-state index contributed by atoms with van der Waals surface area (Å²) in [5.41, 5.74) is 0.421. The van der Waals surface area contributed by atoms with Crippen LogP contribution in [0.5, 0.6) is 0 Å². The number of hydrogen-bond donors (Lipinski definition) is 2. The number of rotatable bonds is 6. The van der Waals surface area contributed by atoms with Crippen LogP contribution in [0.4, 0.5) is 5.69 Å². The van der Waals surface area contributed by atoms with Crippen LogP contribution >= 0.6 is 11.6 Å². The summed E-state index contributed by atoms with van der Waals surface area (Å²) in [5, 5.41) is 22.9. The maximum atomic E-state index is 12.3. The van der Waals surface area contributed by atoms with E-state index in [1.165, 1.54) is 36.4 Å². The summed E-state index contributed by atoms with van der Waals surface area (Å²) >= 11 is 5.83. The molecule has 2 aromatic rings. The van der Waals surface area contributed by atoms with Crippen LogP contribution in [0.3, 0.4) is 0 Å². The van der Waals surface area contributed by atoms with Crippen LogP contribution < -0.4 is 5.32 Å². The summed E-state index contributed by atoms with van der Waals surface area (Å²) in [5.74, 6) is -1.66. The third-order valence-electron chi connectivity index (χ3n) is 3.25. The molecule has 0 aliphatic carbocycles. The first kappa shape index (κ1) is 17.4. The zero-order chi connectivity index (χ0) is 17.7. The highest BCUT2D eigenvalue weighted by atomic mass is 35.5.